The molecule has 0 aromatic carbocycles. The van der Waals surface area contributed by atoms with Crippen LogP contribution in [0.15, 0.2) is 6.07 Å². The smallest absolute Gasteiger partial charge is 0.158 e. The van der Waals surface area contributed by atoms with Crippen LogP contribution in [0.3, 0.4) is 0 Å². The SMILES string of the molecule is CCNc1cc(NC(C)CCC(C)C)nc(COC)n1. The zero-order chi connectivity index (χ0) is 15.0. The van der Waals surface area contributed by atoms with Crippen molar-refractivity contribution in [3.63, 3.8) is 0 Å². The lowest BCUT2D eigenvalue weighted by Crippen LogP contribution is -2.18. The number of nitrogens with zero attached hydrogens (tertiary/aromatic N) is 2. The Kier molecular flexibility index (Phi) is 7.30. The minimum atomic E-state index is 0.400. The number of nitrogens with one attached hydrogen (secondary N) is 2. The molecule has 2 N–H and O–H groups in total. The number of ether oxygens (including phenoxy) is 1. The molecule has 1 heterocycles. The molecule has 1 rings (SSSR count). The molecule has 1 atom stereocenters. The number of rotatable bonds is 9. The second-order valence-corrected chi connectivity index (χ2v) is 5.53. The van der Waals surface area contributed by atoms with Gasteiger partial charge in [-0.25, -0.2) is 9.97 Å². The maximum Gasteiger partial charge on any atom is 0.158 e. The first-order valence-electron chi connectivity index (χ1n) is 7.42. The molecule has 5 nitrogen and oxygen atoms in total. The van der Waals surface area contributed by atoms with Crippen molar-refractivity contribution in [3.05, 3.63) is 11.9 Å². The molecule has 0 saturated heterocycles. The predicted octanol–water partition coefficient (Wildman–Crippen LogP) is 3.29. The van der Waals surface area contributed by atoms with Gasteiger partial charge in [-0.15, -0.1) is 0 Å². The van der Waals surface area contributed by atoms with Gasteiger partial charge in [0.1, 0.15) is 18.2 Å². The summed E-state index contributed by atoms with van der Waals surface area (Å²) in [7, 11) is 1.65. The summed E-state index contributed by atoms with van der Waals surface area (Å²) in [5.74, 6) is 3.13. The second-order valence-electron chi connectivity index (χ2n) is 5.53. The van der Waals surface area contributed by atoms with Gasteiger partial charge in [-0.1, -0.05) is 13.8 Å². The van der Waals surface area contributed by atoms with Crippen molar-refractivity contribution in [2.24, 2.45) is 5.92 Å². The van der Waals surface area contributed by atoms with Crippen molar-refractivity contribution in [3.8, 4) is 0 Å². The molecule has 1 unspecified atom stereocenters. The predicted molar refractivity (Wildman–Crippen MR) is 84.1 cm³/mol. The van der Waals surface area contributed by atoms with E-state index in [9.17, 15) is 0 Å². The monoisotopic (exact) mass is 280 g/mol. The molecule has 114 valence electrons. The van der Waals surface area contributed by atoms with E-state index in [1.54, 1.807) is 7.11 Å². The third kappa shape index (κ3) is 6.19. The van der Waals surface area contributed by atoms with E-state index in [4.69, 9.17) is 4.74 Å². The summed E-state index contributed by atoms with van der Waals surface area (Å²) >= 11 is 0. The molecule has 0 saturated carbocycles. The van der Waals surface area contributed by atoms with Crippen LogP contribution < -0.4 is 10.6 Å². The molecular weight excluding hydrogens is 252 g/mol. The Bertz CT molecular complexity index is 371. The van der Waals surface area contributed by atoms with Gasteiger partial charge >= 0.3 is 0 Å². The summed E-state index contributed by atoms with van der Waals surface area (Å²) in [6.07, 6.45) is 2.35. The average Bonchev–Trinajstić information content (AvgIpc) is 2.37. The summed E-state index contributed by atoms with van der Waals surface area (Å²) in [5, 5.41) is 6.67. The number of hydrogen-bond donors (Lipinski definition) is 2. The van der Waals surface area contributed by atoms with Gasteiger partial charge < -0.3 is 15.4 Å². The summed E-state index contributed by atoms with van der Waals surface area (Å²) < 4.78 is 5.12. The summed E-state index contributed by atoms with van der Waals surface area (Å²) in [4.78, 5) is 8.89. The van der Waals surface area contributed by atoms with Crippen molar-refractivity contribution < 1.29 is 4.74 Å². The van der Waals surface area contributed by atoms with E-state index in [1.165, 1.54) is 6.42 Å². The minimum Gasteiger partial charge on any atom is -0.377 e. The van der Waals surface area contributed by atoms with Crippen molar-refractivity contribution >= 4 is 11.6 Å². The lowest BCUT2D eigenvalue weighted by Gasteiger charge is -2.17. The van der Waals surface area contributed by atoms with Crippen molar-refractivity contribution in [2.75, 3.05) is 24.3 Å². The fourth-order valence-electron chi connectivity index (χ4n) is 1.94. The van der Waals surface area contributed by atoms with Crippen LogP contribution in [0.2, 0.25) is 0 Å². The number of anilines is 2. The third-order valence-electron chi connectivity index (χ3n) is 2.98. The molecule has 1 aromatic heterocycles. The first kappa shape index (κ1) is 16.7. The summed E-state index contributed by atoms with van der Waals surface area (Å²) in [5.41, 5.74) is 0. The zero-order valence-electron chi connectivity index (χ0n) is 13.4. The molecule has 0 spiro atoms. The van der Waals surface area contributed by atoms with E-state index in [1.807, 2.05) is 6.07 Å². The molecule has 5 heteroatoms. The minimum absolute atomic E-state index is 0.400. The number of hydrogen-bond acceptors (Lipinski definition) is 5. The van der Waals surface area contributed by atoms with Crippen LogP contribution in [0.25, 0.3) is 0 Å². The Morgan fingerprint density at radius 2 is 1.85 bits per heavy atom. The number of aromatic nitrogens is 2. The van der Waals surface area contributed by atoms with Crippen LogP contribution in [0, 0.1) is 5.92 Å². The Morgan fingerprint density at radius 3 is 2.45 bits per heavy atom. The van der Waals surface area contributed by atoms with Crippen molar-refractivity contribution in [1.29, 1.82) is 0 Å². The van der Waals surface area contributed by atoms with Crippen molar-refractivity contribution in [2.45, 2.75) is 53.2 Å². The highest BCUT2D eigenvalue weighted by Crippen LogP contribution is 2.15. The van der Waals surface area contributed by atoms with Crippen LogP contribution >= 0.6 is 0 Å². The third-order valence-corrected chi connectivity index (χ3v) is 2.98. The first-order valence-corrected chi connectivity index (χ1v) is 7.42. The zero-order valence-corrected chi connectivity index (χ0v) is 13.4. The van der Waals surface area contributed by atoms with Crippen LogP contribution in [-0.4, -0.2) is 29.7 Å². The fourth-order valence-corrected chi connectivity index (χ4v) is 1.94. The summed E-state index contributed by atoms with van der Waals surface area (Å²) in [6.45, 7) is 10.00. The lowest BCUT2D eigenvalue weighted by molar-refractivity contribution is 0.178. The van der Waals surface area contributed by atoms with E-state index < -0.39 is 0 Å². The Morgan fingerprint density at radius 1 is 1.15 bits per heavy atom. The van der Waals surface area contributed by atoms with Crippen LogP contribution in [-0.2, 0) is 11.3 Å². The maximum atomic E-state index is 5.12. The van der Waals surface area contributed by atoms with E-state index >= 15 is 0 Å². The Balaban J connectivity index is 2.71. The van der Waals surface area contributed by atoms with E-state index in [0.717, 1.165) is 30.5 Å². The normalized spacial score (nSPS) is 12.5. The van der Waals surface area contributed by atoms with E-state index in [2.05, 4.69) is 48.3 Å². The molecule has 0 aliphatic heterocycles. The van der Waals surface area contributed by atoms with Gasteiger partial charge in [-0.3, -0.25) is 0 Å². The molecule has 0 aliphatic rings. The second kappa shape index (κ2) is 8.74. The van der Waals surface area contributed by atoms with Gasteiger partial charge in [0, 0.05) is 25.8 Å². The molecule has 20 heavy (non-hydrogen) atoms. The highest BCUT2D eigenvalue weighted by Gasteiger charge is 2.08. The van der Waals surface area contributed by atoms with Crippen LogP contribution in [0.1, 0.15) is 46.4 Å². The topological polar surface area (TPSA) is 59.1 Å². The van der Waals surface area contributed by atoms with Crippen molar-refractivity contribution in [1.82, 2.24) is 9.97 Å². The van der Waals surface area contributed by atoms with Crippen LogP contribution in [0.5, 0.6) is 0 Å². The van der Waals surface area contributed by atoms with E-state index in [-0.39, 0.29) is 0 Å². The van der Waals surface area contributed by atoms with Gasteiger partial charge in [0.15, 0.2) is 5.82 Å². The molecule has 0 radical (unpaired) electrons. The highest BCUT2D eigenvalue weighted by molar-refractivity contribution is 5.47. The lowest BCUT2D eigenvalue weighted by atomic mass is 10.0. The Labute approximate surface area is 122 Å². The molecule has 0 amide bonds. The van der Waals surface area contributed by atoms with Gasteiger partial charge in [0.2, 0.25) is 0 Å². The van der Waals surface area contributed by atoms with E-state index in [0.29, 0.717) is 18.5 Å². The summed E-state index contributed by atoms with van der Waals surface area (Å²) in [6, 6.07) is 2.35. The molecule has 0 bridgehead atoms. The fraction of sp³-hybridized carbons (Fsp3) is 0.733. The van der Waals surface area contributed by atoms with Gasteiger partial charge in [0.05, 0.1) is 0 Å². The maximum absolute atomic E-state index is 5.12. The van der Waals surface area contributed by atoms with Gasteiger partial charge in [-0.05, 0) is 32.6 Å². The molecule has 0 fully saturated rings. The van der Waals surface area contributed by atoms with Gasteiger partial charge in [-0.2, -0.15) is 0 Å². The number of methoxy groups -OCH3 is 1. The average molecular weight is 280 g/mol. The van der Waals surface area contributed by atoms with Crippen LogP contribution in [0.4, 0.5) is 11.6 Å². The quantitative estimate of drug-likeness (QED) is 0.727. The standard InChI is InChI=1S/C15H28N4O/c1-6-16-13-9-14(19-15(18-13)10-20-5)17-12(4)8-7-11(2)3/h9,11-12H,6-8,10H2,1-5H3,(H2,16,17,18,19). The molecule has 0 aliphatic carbocycles. The molecular formula is C15H28N4O. The van der Waals surface area contributed by atoms with Gasteiger partial charge in [0.25, 0.3) is 0 Å². The molecule has 1 aromatic rings. The first-order chi connectivity index (χ1) is 9.55. The highest BCUT2D eigenvalue weighted by atomic mass is 16.5. The Hall–Kier alpha value is -1.36. The largest absolute Gasteiger partial charge is 0.377 e.